The molecule has 3 N–H and O–H groups in total. The lowest BCUT2D eigenvalue weighted by Crippen LogP contribution is -2.37. The number of hydrogen-bond acceptors (Lipinski definition) is 3. The fourth-order valence-corrected chi connectivity index (χ4v) is 3.33. The Bertz CT molecular complexity index is 453. The molecule has 2 rings (SSSR count). The topological polar surface area (TPSA) is 55.1 Å². The number of rotatable bonds is 2. The summed E-state index contributed by atoms with van der Waals surface area (Å²) >= 11 is 1.96. The molecule has 18 heavy (non-hydrogen) atoms. The summed E-state index contributed by atoms with van der Waals surface area (Å²) in [6, 6.07) is 4.08. The summed E-state index contributed by atoms with van der Waals surface area (Å²) in [7, 11) is 0. The van der Waals surface area contributed by atoms with Crippen LogP contribution in [-0.4, -0.2) is 23.5 Å². The van der Waals surface area contributed by atoms with Gasteiger partial charge in [-0.2, -0.15) is 11.8 Å². The molecule has 98 valence electrons. The highest BCUT2D eigenvalue weighted by molar-refractivity contribution is 7.99. The first-order valence-electron chi connectivity index (χ1n) is 6.33. The Morgan fingerprint density at radius 1 is 1.28 bits per heavy atom. The molecule has 0 aromatic heterocycles. The van der Waals surface area contributed by atoms with Crippen molar-refractivity contribution < 1.29 is 4.79 Å². The van der Waals surface area contributed by atoms with Crippen molar-refractivity contribution >= 4 is 23.4 Å². The van der Waals surface area contributed by atoms with E-state index in [0.717, 1.165) is 35.5 Å². The summed E-state index contributed by atoms with van der Waals surface area (Å²) in [5, 5.41) is 3.11. The fraction of sp³-hybridized carbons (Fsp3) is 0.500. The average Bonchev–Trinajstić information content (AvgIpc) is 2.35. The van der Waals surface area contributed by atoms with Crippen molar-refractivity contribution in [2.45, 2.75) is 32.7 Å². The van der Waals surface area contributed by atoms with Gasteiger partial charge >= 0.3 is 0 Å². The zero-order valence-electron chi connectivity index (χ0n) is 11.0. The van der Waals surface area contributed by atoms with Crippen molar-refractivity contribution in [3.8, 4) is 0 Å². The van der Waals surface area contributed by atoms with Crippen LogP contribution in [0.15, 0.2) is 12.1 Å². The Morgan fingerprint density at radius 2 is 1.94 bits per heavy atom. The van der Waals surface area contributed by atoms with Gasteiger partial charge in [-0.05, 0) is 55.4 Å². The van der Waals surface area contributed by atoms with E-state index in [1.54, 1.807) is 6.07 Å². The second kappa shape index (κ2) is 5.65. The van der Waals surface area contributed by atoms with Crippen LogP contribution < -0.4 is 11.1 Å². The Kier molecular flexibility index (Phi) is 4.17. The van der Waals surface area contributed by atoms with E-state index in [1.807, 2.05) is 31.7 Å². The van der Waals surface area contributed by atoms with Gasteiger partial charge in [-0.15, -0.1) is 0 Å². The lowest BCUT2D eigenvalue weighted by atomic mass is 10.0. The van der Waals surface area contributed by atoms with E-state index in [2.05, 4.69) is 5.32 Å². The highest BCUT2D eigenvalue weighted by atomic mass is 32.2. The minimum Gasteiger partial charge on any atom is -0.398 e. The molecule has 0 spiro atoms. The highest BCUT2D eigenvalue weighted by Gasteiger charge is 2.18. The lowest BCUT2D eigenvalue weighted by Gasteiger charge is -2.23. The number of carbonyl (C=O) groups is 1. The molecule has 1 fully saturated rings. The summed E-state index contributed by atoms with van der Waals surface area (Å²) in [4.78, 5) is 12.2. The Labute approximate surface area is 113 Å². The first-order chi connectivity index (χ1) is 8.58. The fourth-order valence-electron chi connectivity index (χ4n) is 2.22. The van der Waals surface area contributed by atoms with E-state index >= 15 is 0 Å². The number of nitrogen functional groups attached to an aromatic ring is 1. The van der Waals surface area contributed by atoms with Crippen molar-refractivity contribution in [1.29, 1.82) is 0 Å². The van der Waals surface area contributed by atoms with Gasteiger partial charge in [-0.3, -0.25) is 4.79 Å². The van der Waals surface area contributed by atoms with Crippen molar-refractivity contribution in [3.05, 3.63) is 28.8 Å². The molecule has 1 heterocycles. The van der Waals surface area contributed by atoms with Crippen molar-refractivity contribution in [2.75, 3.05) is 17.2 Å². The number of carbonyl (C=O) groups excluding carboxylic acids is 1. The Hall–Kier alpha value is -1.16. The molecule has 0 saturated carbocycles. The van der Waals surface area contributed by atoms with Crippen molar-refractivity contribution in [2.24, 2.45) is 0 Å². The molecule has 0 atom stereocenters. The molecule has 1 aliphatic rings. The number of nitrogens with two attached hydrogens (primary N) is 1. The quantitative estimate of drug-likeness (QED) is 0.807. The summed E-state index contributed by atoms with van der Waals surface area (Å²) in [6.07, 6.45) is 2.13. The van der Waals surface area contributed by atoms with Gasteiger partial charge < -0.3 is 11.1 Å². The molecule has 1 aromatic carbocycles. The number of anilines is 1. The van der Waals surface area contributed by atoms with E-state index in [-0.39, 0.29) is 5.91 Å². The summed E-state index contributed by atoms with van der Waals surface area (Å²) in [6.45, 7) is 3.92. The maximum absolute atomic E-state index is 12.2. The minimum atomic E-state index is 0.0103. The van der Waals surface area contributed by atoms with Gasteiger partial charge in [0.2, 0.25) is 0 Å². The molecule has 3 nitrogen and oxygen atoms in total. The Balaban J connectivity index is 2.10. The molecule has 0 aliphatic carbocycles. The van der Waals surface area contributed by atoms with E-state index in [1.165, 1.54) is 0 Å². The van der Waals surface area contributed by atoms with E-state index < -0.39 is 0 Å². The third kappa shape index (κ3) is 2.99. The molecule has 1 saturated heterocycles. The molecule has 0 unspecified atom stereocenters. The van der Waals surface area contributed by atoms with Gasteiger partial charge in [0.25, 0.3) is 5.91 Å². The van der Waals surface area contributed by atoms with Crippen molar-refractivity contribution in [1.82, 2.24) is 5.32 Å². The van der Waals surface area contributed by atoms with Gasteiger partial charge in [0.15, 0.2) is 0 Å². The van der Waals surface area contributed by atoms with Crippen LogP contribution >= 0.6 is 11.8 Å². The van der Waals surface area contributed by atoms with Gasteiger partial charge in [0.05, 0.1) is 0 Å². The highest BCUT2D eigenvalue weighted by Crippen LogP contribution is 2.20. The molecule has 1 aromatic rings. The molecule has 4 heteroatoms. The van der Waals surface area contributed by atoms with Gasteiger partial charge in [0, 0.05) is 17.3 Å². The van der Waals surface area contributed by atoms with Crippen LogP contribution in [-0.2, 0) is 0 Å². The lowest BCUT2D eigenvalue weighted by molar-refractivity contribution is 0.0934. The number of aryl methyl sites for hydroxylation is 2. The molecule has 1 amide bonds. The summed E-state index contributed by atoms with van der Waals surface area (Å²) in [5.41, 5.74) is 9.28. The largest absolute Gasteiger partial charge is 0.398 e. The Morgan fingerprint density at radius 3 is 2.61 bits per heavy atom. The third-order valence-electron chi connectivity index (χ3n) is 3.41. The summed E-state index contributed by atoms with van der Waals surface area (Å²) in [5.74, 6) is 2.29. The monoisotopic (exact) mass is 264 g/mol. The normalized spacial score (nSPS) is 16.6. The molecule has 0 radical (unpaired) electrons. The standard InChI is InChI=1S/C14H20N2OS/c1-9-7-10(2)13(15)8-12(9)14(17)16-11-3-5-18-6-4-11/h7-8,11H,3-6,15H2,1-2H3,(H,16,17). The van der Waals surface area contributed by atoms with Crippen LogP contribution in [0.5, 0.6) is 0 Å². The van der Waals surface area contributed by atoms with Gasteiger partial charge in [-0.25, -0.2) is 0 Å². The van der Waals surface area contributed by atoms with Gasteiger partial charge in [-0.1, -0.05) is 6.07 Å². The third-order valence-corrected chi connectivity index (χ3v) is 4.46. The molecular formula is C14H20N2OS. The zero-order chi connectivity index (χ0) is 13.1. The first kappa shape index (κ1) is 13.3. The second-order valence-corrected chi connectivity index (χ2v) is 6.11. The number of amides is 1. The molecular weight excluding hydrogens is 244 g/mol. The average molecular weight is 264 g/mol. The van der Waals surface area contributed by atoms with Crippen LogP contribution in [0.2, 0.25) is 0 Å². The molecule has 0 bridgehead atoms. The van der Waals surface area contributed by atoms with Crippen LogP contribution in [0, 0.1) is 13.8 Å². The maximum atomic E-state index is 12.2. The number of thioether (sulfide) groups is 1. The zero-order valence-corrected chi connectivity index (χ0v) is 11.8. The molecule has 1 aliphatic heterocycles. The maximum Gasteiger partial charge on any atom is 0.251 e. The van der Waals surface area contributed by atoms with Crippen LogP contribution in [0.25, 0.3) is 0 Å². The number of hydrogen-bond donors (Lipinski definition) is 2. The number of benzene rings is 1. The van der Waals surface area contributed by atoms with Crippen LogP contribution in [0.3, 0.4) is 0 Å². The van der Waals surface area contributed by atoms with E-state index in [0.29, 0.717) is 17.3 Å². The van der Waals surface area contributed by atoms with Crippen molar-refractivity contribution in [3.63, 3.8) is 0 Å². The predicted octanol–water partition coefficient (Wildman–Crippen LogP) is 2.51. The predicted molar refractivity (Wildman–Crippen MR) is 78.1 cm³/mol. The summed E-state index contributed by atoms with van der Waals surface area (Å²) < 4.78 is 0. The smallest absolute Gasteiger partial charge is 0.251 e. The van der Waals surface area contributed by atoms with Crippen LogP contribution in [0.1, 0.15) is 34.3 Å². The second-order valence-electron chi connectivity index (χ2n) is 4.88. The SMILES string of the molecule is Cc1cc(C)c(C(=O)NC2CCSCC2)cc1N. The van der Waals surface area contributed by atoms with E-state index in [9.17, 15) is 4.79 Å². The first-order valence-corrected chi connectivity index (χ1v) is 7.48. The minimum absolute atomic E-state index is 0.0103. The number of nitrogens with one attached hydrogen (secondary N) is 1. The van der Waals surface area contributed by atoms with Gasteiger partial charge in [0.1, 0.15) is 0 Å². The van der Waals surface area contributed by atoms with Crippen LogP contribution in [0.4, 0.5) is 5.69 Å². The van der Waals surface area contributed by atoms with E-state index in [4.69, 9.17) is 5.73 Å².